The first kappa shape index (κ1) is 25.4. The molecule has 3 aromatic rings. The Bertz CT molecular complexity index is 1360. The van der Waals surface area contributed by atoms with Gasteiger partial charge in [-0.25, -0.2) is 13.6 Å². The van der Waals surface area contributed by atoms with Crippen LogP contribution in [0.5, 0.6) is 0 Å². The number of carbonyl (C=O) groups excluding carboxylic acids is 3. The van der Waals surface area contributed by atoms with Gasteiger partial charge in [-0.1, -0.05) is 24.3 Å². The fourth-order valence-electron chi connectivity index (χ4n) is 3.89. The van der Waals surface area contributed by atoms with E-state index in [1.165, 1.54) is 36.5 Å². The second-order valence-corrected chi connectivity index (χ2v) is 9.43. The van der Waals surface area contributed by atoms with Gasteiger partial charge in [0.2, 0.25) is 5.91 Å². The third-order valence-corrected chi connectivity index (χ3v) is 6.47. The summed E-state index contributed by atoms with van der Waals surface area (Å²) in [6.07, 6.45) is 3.85. The van der Waals surface area contributed by atoms with Crippen molar-refractivity contribution < 1.29 is 27.9 Å². The van der Waals surface area contributed by atoms with E-state index in [2.05, 4.69) is 36.3 Å². The van der Waals surface area contributed by atoms with Crippen LogP contribution in [0.25, 0.3) is 11.1 Å². The first-order valence-corrected chi connectivity index (χ1v) is 11.8. The Balaban J connectivity index is 1.50. The number of hydrogen-bond donors (Lipinski definition) is 2. The van der Waals surface area contributed by atoms with E-state index in [9.17, 15) is 18.8 Å². The summed E-state index contributed by atoms with van der Waals surface area (Å²) < 4.78 is 34.7. The maximum absolute atomic E-state index is 15.1. The molecule has 1 aromatic heterocycles. The second kappa shape index (κ2) is 10.1. The maximum atomic E-state index is 15.1. The monoisotopic (exact) mass is 557 g/mol. The van der Waals surface area contributed by atoms with E-state index in [4.69, 9.17) is 0 Å². The van der Waals surface area contributed by atoms with Crippen molar-refractivity contribution in [1.82, 2.24) is 15.6 Å². The minimum absolute atomic E-state index is 0.186. The van der Waals surface area contributed by atoms with Crippen LogP contribution in [-0.2, 0) is 9.53 Å². The van der Waals surface area contributed by atoms with Crippen LogP contribution in [0, 0.1) is 11.6 Å². The normalized spacial score (nSPS) is 14.5. The van der Waals surface area contributed by atoms with Crippen LogP contribution in [0.1, 0.15) is 52.1 Å². The van der Waals surface area contributed by atoms with Crippen LogP contribution in [0.2, 0.25) is 0 Å². The summed E-state index contributed by atoms with van der Waals surface area (Å²) >= 11 is 3.26. The fraction of sp³-hybridized carbons (Fsp3) is 0.231. The van der Waals surface area contributed by atoms with Crippen LogP contribution >= 0.6 is 15.9 Å². The molecule has 36 heavy (non-hydrogen) atoms. The molecule has 7 nitrogen and oxygen atoms in total. The minimum atomic E-state index is -1.07. The van der Waals surface area contributed by atoms with E-state index in [0.29, 0.717) is 22.9 Å². The summed E-state index contributed by atoms with van der Waals surface area (Å²) in [6, 6.07) is 9.09. The average Bonchev–Trinajstić information content (AvgIpc) is 3.64. The number of esters is 1. The lowest BCUT2D eigenvalue weighted by Crippen LogP contribution is -2.49. The van der Waals surface area contributed by atoms with Crippen molar-refractivity contribution in [3.8, 4) is 11.1 Å². The highest BCUT2D eigenvalue weighted by molar-refractivity contribution is 9.10. The lowest BCUT2D eigenvalue weighted by atomic mass is 9.96. The molecule has 0 radical (unpaired) electrons. The van der Waals surface area contributed by atoms with Crippen molar-refractivity contribution in [2.45, 2.75) is 31.3 Å². The van der Waals surface area contributed by atoms with Gasteiger partial charge < -0.3 is 15.4 Å². The van der Waals surface area contributed by atoms with Gasteiger partial charge in [-0.05, 0) is 65.0 Å². The predicted octanol–water partition coefficient (Wildman–Crippen LogP) is 4.72. The van der Waals surface area contributed by atoms with Gasteiger partial charge >= 0.3 is 5.97 Å². The Morgan fingerprint density at radius 1 is 1.08 bits per heavy atom. The van der Waals surface area contributed by atoms with Gasteiger partial charge in [0.25, 0.3) is 5.91 Å². The summed E-state index contributed by atoms with van der Waals surface area (Å²) in [7, 11) is 1.14. The number of amides is 2. The molecule has 0 unspecified atom stereocenters. The third kappa shape index (κ3) is 5.13. The Labute approximate surface area is 214 Å². The molecule has 1 saturated carbocycles. The van der Waals surface area contributed by atoms with E-state index in [-0.39, 0.29) is 22.3 Å². The zero-order valence-corrected chi connectivity index (χ0v) is 21.0. The molecule has 0 saturated heterocycles. The summed E-state index contributed by atoms with van der Waals surface area (Å²) in [5, 5.41) is 5.52. The molecule has 0 spiro atoms. The molecule has 4 rings (SSSR count). The molecular formula is C26H22BrF2N3O4. The lowest BCUT2D eigenvalue weighted by Gasteiger charge is -2.22. The SMILES string of the molecule is COC(=O)c1c(F)cccc1-c1ccc([C@@H](C)NC(=O)C2(NC(=O)c3cncc(Br)c3)CC2)c(F)c1. The Morgan fingerprint density at radius 3 is 2.47 bits per heavy atom. The number of nitrogens with zero attached hydrogens (tertiary/aromatic N) is 1. The van der Waals surface area contributed by atoms with Crippen molar-refractivity contribution in [2.75, 3.05) is 7.11 Å². The van der Waals surface area contributed by atoms with E-state index >= 15 is 4.39 Å². The highest BCUT2D eigenvalue weighted by Crippen LogP contribution is 2.37. The standard InChI is InChI=1S/C26H22BrF2N3O4/c1-14(31-25(35)26(8-9-26)32-23(33)16-10-17(27)13-30-12-16)18-7-6-15(11-21(18)29)19-4-3-5-20(28)22(19)24(34)36-2/h3-7,10-14H,8-9H2,1-2H3,(H,31,35)(H,32,33)/t14-/m1/s1. The Morgan fingerprint density at radius 2 is 1.83 bits per heavy atom. The van der Waals surface area contributed by atoms with Crippen molar-refractivity contribution in [1.29, 1.82) is 0 Å². The molecule has 1 heterocycles. The number of nitrogens with one attached hydrogen (secondary N) is 2. The summed E-state index contributed by atoms with van der Waals surface area (Å²) in [6.45, 7) is 1.62. The van der Waals surface area contributed by atoms with Gasteiger partial charge in [-0.3, -0.25) is 14.6 Å². The summed E-state index contributed by atoms with van der Waals surface area (Å²) in [5.41, 5.74) is -0.390. The first-order valence-electron chi connectivity index (χ1n) is 11.1. The summed E-state index contributed by atoms with van der Waals surface area (Å²) in [5.74, 6) is -3.15. The van der Waals surface area contributed by atoms with Gasteiger partial charge in [-0.15, -0.1) is 0 Å². The molecule has 2 amide bonds. The van der Waals surface area contributed by atoms with Crippen LogP contribution in [0.4, 0.5) is 8.78 Å². The molecule has 2 N–H and O–H groups in total. The number of aromatic nitrogens is 1. The van der Waals surface area contributed by atoms with E-state index in [1.807, 2.05) is 0 Å². The molecule has 10 heteroatoms. The van der Waals surface area contributed by atoms with Gasteiger partial charge in [0.15, 0.2) is 0 Å². The van der Waals surface area contributed by atoms with E-state index in [1.54, 1.807) is 19.2 Å². The summed E-state index contributed by atoms with van der Waals surface area (Å²) in [4.78, 5) is 41.6. The molecule has 0 aliphatic heterocycles. The highest BCUT2D eigenvalue weighted by atomic mass is 79.9. The smallest absolute Gasteiger partial charge is 0.341 e. The number of benzene rings is 2. The fourth-order valence-corrected chi connectivity index (χ4v) is 4.26. The number of pyridine rings is 1. The number of ether oxygens (including phenoxy) is 1. The second-order valence-electron chi connectivity index (χ2n) is 8.51. The molecule has 1 aliphatic rings. The van der Waals surface area contributed by atoms with Crippen LogP contribution in [0.15, 0.2) is 59.3 Å². The molecular weight excluding hydrogens is 536 g/mol. The van der Waals surface area contributed by atoms with Gasteiger partial charge in [0.05, 0.1) is 18.7 Å². The molecule has 186 valence electrons. The lowest BCUT2D eigenvalue weighted by molar-refractivity contribution is -0.124. The largest absolute Gasteiger partial charge is 0.465 e. The predicted molar refractivity (Wildman–Crippen MR) is 131 cm³/mol. The zero-order valence-electron chi connectivity index (χ0n) is 19.4. The van der Waals surface area contributed by atoms with Crippen molar-refractivity contribution in [3.63, 3.8) is 0 Å². The first-order chi connectivity index (χ1) is 17.1. The number of methoxy groups -OCH3 is 1. The minimum Gasteiger partial charge on any atom is -0.465 e. The van der Waals surface area contributed by atoms with Crippen LogP contribution in [-0.4, -0.2) is 35.4 Å². The van der Waals surface area contributed by atoms with Crippen LogP contribution < -0.4 is 10.6 Å². The molecule has 1 fully saturated rings. The number of carbonyl (C=O) groups is 3. The van der Waals surface area contributed by atoms with Gasteiger partial charge in [0, 0.05) is 22.4 Å². The molecule has 0 bridgehead atoms. The van der Waals surface area contributed by atoms with Crippen LogP contribution in [0.3, 0.4) is 0 Å². The Kier molecular flexibility index (Phi) is 7.16. The Hall–Kier alpha value is -3.66. The number of halogens is 3. The molecule has 1 atom stereocenters. The van der Waals surface area contributed by atoms with E-state index < -0.39 is 41.0 Å². The van der Waals surface area contributed by atoms with Crippen molar-refractivity contribution in [2.24, 2.45) is 0 Å². The third-order valence-electron chi connectivity index (χ3n) is 6.03. The zero-order chi connectivity index (χ0) is 26.0. The van der Waals surface area contributed by atoms with Crippen molar-refractivity contribution in [3.05, 3.63) is 87.7 Å². The number of rotatable bonds is 7. The molecule has 2 aromatic carbocycles. The highest BCUT2D eigenvalue weighted by Gasteiger charge is 2.51. The average molecular weight is 558 g/mol. The number of hydrogen-bond acceptors (Lipinski definition) is 5. The molecule has 1 aliphatic carbocycles. The van der Waals surface area contributed by atoms with Crippen molar-refractivity contribution >= 4 is 33.7 Å². The van der Waals surface area contributed by atoms with Gasteiger partial charge in [-0.2, -0.15) is 0 Å². The van der Waals surface area contributed by atoms with E-state index in [0.717, 1.165) is 13.2 Å². The van der Waals surface area contributed by atoms with Gasteiger partial charge in [0.1, 0.15) is 22.7 Å². The topological polar surface area (TPSA) is 97.4 Å². The maximum Gasteiger partial charge on any atom is 0.341 e. The quantitative estimate of drug-likeness (QED) is 0.410.